The van der Waals surface area contributed by atoms with Crippen LogP contribution >= 0.6 is 0 Å². The van der Waals surface area contributed by atoms with E-state index >= 15 is 0 Å². The number of nitrogens with one attached hydrogen (secondary N) is 1. The quantitative estimate of drug-likeness (QED) is 0.900. The van der Waals surface area contributed by atoms with Crippen molar-refractivity contribution in [3.8, 4) is 0 Å². The zero-order valence-electron chi connectivity index (χ0n) is 11.5. The number of likely N-dealkylation sites (tertiary alicyclic amines) is 1. The predicted octanol–water partition coefficient (Wildman–Crippen LogP) is 1.82. The van der Waals surface area contributed by atoms with E-state index in [1.54, 1.807) is 0 Å². The van der Waals surface area contributed by atoms with Crippen molar-refractivity contribution in [1.29, 1.82) is 0 Å². The highest BCUT2D eigenvalue weighted by Gasteiger charge is 2.19. The van der Waals surface area contributed by atoms with Gasteiger partial charge < -0.3 is 9.84 Å². The first-order valence-corrected chi connectivity index (χ1v) is 7.15. The third-order valence-corrected chi connectivity index (χ3v) is 3.71. The third-order valence-electron chi connectivity index (χ3n) is 3.71. The number of hydrogen-bond donors (Lipinski definition) is 1. The van der Waals surface area contributed by atoms with Crippen LogP contribution in [0.5, 0.6) is 0 Å². The fourth-order valence-corrected chi connectivity index (χ4v) is 2.71. The zero-order valence-corrected chi connectivity index (χ0v) is 11.5. The fraction of sp³-hybridized carbons (Fsp3) is 0.467. The molecule has 0 amide bonds. The van der Waals surface area contributed by atoms with Gasteiger partial charge in [-0.25, -0.2) is 0 Å². The predicted molar refractivity (Wildman–Crippen MR) is 75.9 cm³/mol. The molecule has 3 rings (SSSR count). The van der Waals surface area contributed by atoms with E-state index in [0.29, 0.717) is 12.6 Å². The number of nitrogens with zero attached hydrogens (tertiary/aromatic N) is 3. The second kappa shape index (κ2) is 6.63. The molecule has 0 aliphatic carbocycles. The largest absolute Gasteiger partial charge is 0.343 e. The van der Waals surface area contributed by atoms with Crippen LogP contribution in [0.4, 0.5) is 0 Å². The fourth-order valence-electron chi connectivity index (χ4n) is 2.71. The topological polar surface area (TPSA) is 54.2 Å². The highest BCUT2D eigenvalue weighted by atomic mass is 16.5. The molecule has 1 aromatic carbocycles. The molecule has 1 fully saturated rings. The van der Waals surface area contributed by atoms with Crippen LogP contribution in [-0.2, 0) is 13.1 Å². The van der Waals surface area contributed by atoms with Gasteiger partial charge in [-0.1, -0.05) is 35.5 Å². The van der Waals surface area contributed by atoms with Crippen LogP contribution in [-0.4, -0.2) is 34.2 Å². The van der Waals surface area contributed by atoms with Crippen molar-refractivity contribution in [1.82, 2.24) is 20.4 Å². The minimum absolute atomic E-state index is 0.506. The van der Waals surface area contributed by atoms with E-state index in [9.17, 15) is 0 Å². The Morgan fingerprint density at radius 1 is 1.30 bits per heavy atom. The summed E-state index contributed by atoms with van der Waals surface area (Å²) in [6.45, 7) is 3.96. The van der Waals surface area contributed by atoms with E-state index in [1.165, 1.54) is 31.3 Å². The SMILES string of the molecule is c1ccc(CN2CCCC(NCc3ncon3)C2)cc1. The van der Waals surface area contributed by atoms with Gasteiger partial charge in [0.2, 0.25) is 6.39 Å². The van der Waals surface area contributed by atoms with Crippen LogP contribution in [0.3, 0.4) is 0 Å². The molecule has 0 spiro atoms. The van der Waals surface area contributed by atoms with E-state index in [1.807, 2.05) is 0 Å². The normalized spacial score (nSPS) is 20.1. The molecule has 1 aliphatic heterocycles. The first-order chi connectivity index (χ1) is 9.90. The van der Waals surface area contributed by atoms with Crippen LogP contribution in [0.25, 0.3) is 0 Å². The Balaban J connectivity index is 1.49. The third kappa shape index (κ3) is 3.65. The molecule has 0 saturated carbocycles. The minimum Gasteiger partial charge on any atom is -0.343 e. The monoisotopic (exact) mass is 272 g/mol. The number of hydrogen-bond acceptors (Lipinski definition) is 5. The highest BCUT2D eigenvalue weighted by molar-refractivity contribution is 5.14. The van der Waals surface area contributed by atoms with Gasteiger partial charge in [-0.05, 0) is 24.9 Å². The Bertz CT molecular complexity index is 500. The second-order valence-electron chi connectivity index (χ2n) is 5.29. The van der Waals surface area contributed by atoms with Crippen LogP contribution in [0, 0.1) is 0 Å². The lowest BCUT2D eigenvalue weighted by molar-refractivity contribution is 0.182. The van der Waals surface area contributed by atoms with Gasteiger partial charge in [0, 0.05) is 19.1 Å². The van der Waals surface area contributed by atoms with Gasteiger partial charge in [-0.2, -0.15) is 4.98 Å². The Labute approximate surface area is 119 Å². The average Bonchev–Trinajstić information content (AvgIpc) is 3.00. The minimum atomic E-state index is 0.506. The summed E-state index contributed by atoms with van der Waals surface area (Å²) < 4.78 is 4.74. The maximum absolute atomic E-state index is 4.74. The second-order valence-corrected chi connectivity index (χ2v) is 5.29. The van der Waals surface area contributed by atoms with Crippen molar-refractivity contribution < 1.29 is 4.52 Å². The van der Waals surface area contributed by atoms with Crippen molar-refractivity contribution in [3.63, 3.8) is 0 Å². The van der Waals surface area contributed by atoms with E-state index in [4.69, 9.17) is 4.52 Å². The molecule has 2 aromatic rings. The summed E-state index contributed by atoms with van der Waals surface area (Å²) >= 11 is 0. The maximum atomic E-state index is 4.74. The molecule has 1 aromatic heterocycles. The van der Waals surface area contributed by atoms with Crippen molar-refractivity contribution in [2.75, 3.05) is 13.1 Å². The zero-order chi connectivity index (χ0) is 13.6. The molecule has 1 atom stereocenters. The van der Waals surface area contributed by atoms with Crippen LogP contribution in [0.1, 0.15) is 24.2 Å². The summed E-state index contributed by atoms with van der Waals surface area (Å²) in [4.78, 5) is 6.54. The van der Waals surface area contributed by atoms with Crippen molar-refractivity contribution in [3.05, 3.63) is 48.1 Å². The van der Waals surface area contributed by atoms with Crippen LogP contribution in [0.2, 0.25) is 0 Å². The van der Waals surface area contributed by atoms with Gasteiger partial charge in [0.05, 0.1) is 6.54 Å². The van der Waals surface area contributed by atoms with E-state index in [0.717, 1.165) is 18.9 Å². The lowest BCUT2D eigenvalue weighted by atomic mass is 10.0. The van der Waals surface area contributed by atoms with Crippen LogP contribution in [0.15, 0.2) is 41.2 Å². The molecular formula is C15H20N4O. The summed E-state index contributed by atoms with van der Waals surface area (Å²) in [6, 6.07) is 11.2. The average molecular weight is 272 g/mol. The summed E-state index contributed by atoms with van der Waals surface area (Å²) in [5.74, 6) is 0.727. The maximum Gasteiger partial charge on any atom is 0.213 e. The van der Waals surface area contributed by atoms with Crippen molar-refractivity contribution in [2.24, 2.45) is 0 Å². The first kappa shape index (κ1) is 13.3. The molecule has 2 heterocycles. The van der Waals surface area contributed by atoms with Crippen molar-refractivity contribution >= 4 is 0 Å². The molecule has 1 saturated heterocycles. The lowest BCUT2D eigenvalue weighted by Crippen LogP contribution is -2.45. The van der Waals surface area contributed by atoms with E-state index in [-0.39, 0.29) is 0 Å². The summed E-state index contributed by atoms with van der Waals surface area (Å²) in [7, 11) is 0. The van der Waals surface area contributed by atoms with Gasteiger partial charge >= 0.3 is 0 Å². The van der Waals surface area contributed by atoms with Gasteiger partial charge in [0.25, 0.3) is 0 Å². The number of aromatic nitrogens is 2. The van der Waals surface area contributed by atoms with Crippen LogP contribution < -0.4 is 5.32 Å². The van der Waals surface area contributed by atoms with Gasteiger partial charge in [0.15, 0.2) is 5.82 Å². The summed E-state index contributed by atoms with van der Waals surface area (Å²) in [6.07, 6.45) is 3.82. The Kier molecular flexibility index (Phi) is 4.40. The van der Waals surface area contributed by atoms with Gasteiger partial charge in [0.1, 0.15) is 0 Å². The molecule has 1 N–H and O–H groups in total. The molecule has 0 radical (unpaired) electrons. The number of piperidine rings is 1. The highest BCUT2D eigenvalue weighted by Crippen LogP contribution is 2.14. The Morgan fingerprint density at radius 3 is 3.00 bits per heavy atom. The standard InChI is InChI=1S/C15H20N4O/c1-2-5-13(6-3-1)10-19-8-4-7-14(11-19)16-9-15-17-12-20-18-15/h1-3,5-6,12,14,16H,4,7-11H2. The molecule has 20 heavy (non-hydrogen) atoms. The summed E-state index contributed by atoms with van der Waals surface area (Å²) in [5.41, 5.74) is 1.38. The first-order valence-electron chi connectivity index (χ1n) is 7.15. The number of rotatable bonds is 5. The Morgan fingerprint density at radius 2 is 2.20 bits per heavy atom. The summed E-state index contributed by atoms with van der Waals surface area (Å²) in [5, 5.41) is 7.34. The number of benzene rings is 1. The molecule has 106 valence electrons. The van der Waals surface area contributed by atoms with Gasteiger partial charge in [-0.3, -0.25) is 4.90 Å². The molecular weight excluding hydrogens is 252 g/mol. The lowest BCUT2D eigenvalue weighted by Gasteiger charge is -2.33. The van der Waals surface area contributed by atoms with Gasteiger partial charge in [-0.15, -0.1) is 0 Å². The molecule has 1 unspecified atom stereocenters. The van der Waals surface area contributed by atoms with E-state index < -0.39 is 0 Å². The molecule has 1 aliphatic rings. The Hall–Kier alpha value is -1.72. The molecule has 0 bridgehead atoms. The van der Waals surface area contributed by atoms with E-state index in [2.05, 4.69) is 50.7 Å². The van der Waals surface area contributed by atoms with Crippen molar-refractivity contribution in [2.45, 2.75) is 32.0 Å². The smallest absolute Gasteiger partial charge is 0.213 e. The molecule has 5 nitrogen and oxygen atoms in total. The molecule has 5 heteroatoms.